The summed E-state index contributed by atoms with van der Waals surface area (Å²) in [6, 6.07) is 5.35. The maximum absolute atomic E-state index is 12.3. The fourth-order valence-electron chi connectivity index (χ4n) is 3.23. The number of hydrogen-bond donors (Lipinski definition) is 3. The molecule has 0 saturated carbocycles. The number of anilines is 1. The van der Waals surface area contributed by atoms with Crippen LogP contribution in [0.4, 0.5) is 5.69 Å². The number of benzene rings is 1. The zero-order valence-corrected chi connectivity index (χ0v) is 15.7. The van der Waals surface area contributed by atoms with Gasteiger partial charge in [0.15, 0.2) is 0 Å². The van der Waals surface area contributed by atoms with Crippen LogP contribution in [0.1, 0.15) is 32.3 Å². The number of piperidine rings is 1. The van der Waals surface area contributed by atoms with E-state index in [-0.39, 0.29) is 17.7 Å². The fourth-order valence-corrected chi connectivity index (χ4v) is 3.91. The van der Waals surface area contributed by atoms with E-state index in [2.05, 4.69) is 9.12 Å². The third kappa shape index (κ3) is 3.99. The van der Waals surface area contributed by atoms with Gasteiger partial charge in [-0.2, -0.15) is 4.40 Å². The first-order chi connectivity index (χ1) is 12.3. The summed E-state index contributed by atoms with van der Waals surface area (Å²) >= 11 is -1.58. The van der Waals surface area contributed by atoms with Crippen LogP contribution in [0.3, 0.4) is 0 Å². The predicted molar refractivity (Wildman–Crippen MR) is 100 cm³/mol. The molecule has 2 unspecified atom stereocenters. The number of amides is 1. The maximum atomic E-state index is 12.3. The van der Waals surface area contributed by atoms with Gasteiger partial charge in [0.05, 0.1) is 17.9 Å². The summed E-state index contributed by atoms with van der Waals surface area (Å²) in [4.78, 5) is 14.0. The summed E-state index contributed by atoms with van der Waals surface area (Å²) in [5.41, 5.74) is 5.77. The van der Waals surface area contributed by atoms with Gasteiger partial charge in [0.2, 0.25) is 11.2 Å². The molecule has 0 bridgehead atoms. The number of aliphatic hydroxyl groups is 1. The van der Waals surface area contributed by atoms with Crippen LogP contribution in [-0.4, -0.2) is 51.3 Å². The van der Waals surface area contributed by atoms with Crippen molar-refractivity contribution in [1.29, 1.82) is 0 Å². The van der Waals surface area contributed by atoms with E-state index in [9.17, 15) is 14.1 Å². The third-order valence-electron chi connectivity index (χ3n) is 4.47. The molecule has 0 spiro atoms. The van der Waals surface area contributed by atoms with Gasteiger partial charge in [-0.3, -0.25) is 9.52 Å². The van der Waals surface area contributed by atoms with E-state index in [4.69, 9.17) is 10.5 Å². The molecule has 0 aromatic heterocycles. The van der Waals surface area contributed by atoms with Crippen LogP contribution in [0, 0.1) is 5.92 Å². The first-order valence-corrected chi connectivity index (χ1v) is 9.67. The van der Waals surface area contributed by atoms with E-state index in [0.29, 0.717) is 36.7 Å². The number of nitrogens with two attached hydrogens (primary N) is 1. The van der Waals surface area contributed by atoms with Gasteiger partial charge in [-0.15, -0.1) is 0 Å². The molecule has 8 nitrogen and oxygen atoms in total. The minimum Gasteiger partial charge on any atom is -0.492 e. The second-order valence-corrected chi connectivity index (χ2v) is 8.02. The molecular formula is C17H24N4O4S. The standard InChI is InChI=1S/C17H24N4O4S/c1-17(2,23)16(22)21-8-4-5-11(9-21)10-25-13-7-3-6-12-14(13)15(18)20-26(24)19-12/h3,6-7,11,19,23H,4-5,8-10H2,1-2H3,(H2,18,20). The van der Waals surface area contributed by atoms with Crippen molar-refractivity contribution in [2.45, 2.75) is 32.3 Å². The first-order valence-electron chi connectivity index (χ1n) is 8.56. The molecule has 2 aliphatic heterocycles. The maximum Gasteiger partial charge on any atom is 0.253 e. The van der Waals surface area contributed by atoms with E-state index in [1.54, 1.807) is 23.1 Å². The van der Waals surface area contributed by atoms with Gasteiger partial charge in [0.1, 0.15) is 17.2 Å². The fraction of sp³-hybridized carbons (Fsp3) is 0.529. The van der Waals surface area contributed by atoms with Gasteiger partial charge in [0.25, 0.3) is 5.91 Å². The van der Waals surface area contributed by atoms with Crippen LogP contribution in [-0.2, 0) is 16.0 Å². The minimum atomic E-state index is -1.58. The molecule has 1 aromatic carbocycles. The van der Waals surface area contributed by atoms with E-state index in [0.717, 1.165) is 12.8 Å². The quantitative estimate of drug-likeness (QED) is 0.714. The highest BCUT2D eigenvalue weighted by Gasteiger charge is 2.33. The molecular weight excluding hydrogens is 356 g/mol. The van der Waals surface area contributed by atoms with Crippen molar-refractivity contribution in [3.8, 4) is 5.75 Å². The van der Waals surface area contributed by atoms with Gasteiger partial charge in [-0.05, 0) is 38.8 Å². The molecule has 1 fully saturated rings. The Kier molecular flexibility index (Phi) is 5.19. The number of hydrogen-bond acceptors (Lipinski definition) is 5. The Hall–Kier alpha value is -2.13. The number of amidine groups is 1. The molecule has 1 aromatic rings. The van der Waals surface area contributed by atoms with E-state index in [1.807, 2.05) is 0 Å². The van der Waals surface area contributed by atoms with Gasteiger partial charge in [0, 0.05) is 19.0 Å². The van der Waals surface area contributed by atoms with Crippen LogP contribution in [0.2, 0.25) is 0 Å². The molecule has 142 valence electrons. The third-order valence-corrected chi connectivity index (χ3v) is 5.22. The van der Waals surface area contributed by atoms with Gasteiger partial charge >= 0.3 is 0 Å². The number of fused-ring (bicyclic) bond motifs is 1. The Morgan fingerprint density at radius 3 is 3.04 bits per heavy atom. The van der Waals surface area contributed by atoms with Crippen molar-refractivity contribution in [1.82, 2.24) is 4.90 Å². The average molecular weight is 380 g/mol. The molecule has 4 N–H and O–H groups in total. The number of ether oxygens (including phenoxy) is 1. The summed E-state index contributed by atoms with van der Waals surface area (Å²) in [6.45, 7) is 4.62. The Labute approximate surface area is 155 Å². The van der Waals surface area contributed by atoms with Crippen molar-refractivity contribution < 1.29 is 18.8 Å². The van der Waals surface area contributed by atoms with Crippen molar-refractivity contribution in [2.24, 2.45) is 16.0 Å². The van der Waals surface area contributed by atoms with Crippen LogP contribution in [0.15, 0.2) is 22.6 Å². The molecule has 2 atom stereocenters. The SMILES string of the molecule is CC(C)(O)C(=O)N1CCCC(COc2cccc3c2C(N)=NS(=O)N3)C1. The molecule has 2 heterocycles. The van der Waals surface area contributed by atoms with E-state index in [1.165, 1.54) is 13.8 Å². The van der Waals surface area contributed by atoms with Crippen LogP contribution >= 0.6 is 0 Å². The summed E-state index contributed by atoms with van der Waals surface area (Å²) in [5.74, 6) is 0.645. The van der Waals surface area contributed by atoms with Gasteiger partial charge in [-0.25, -0.2) is 4.21 Å². The Morgan fingerprint density at radius 2 is 2.31 bits per heavy atom. The number of nitrogens with zero attached hydrogens (tertiary/aromatic N) is 2. The molecule has 3 rings (SSSR count). The van der Waals surface area contributed by atoms with Crippen molar-refractivity contribution in [3.05, 3.63) is 23.8 Å². The summed E-state index contributed by atoms with van der Waals surface area (Å²) < 4.78 is 24.1. The van der Waals surface area contributed by atoms with E-state index >= 15 is 0 Å². The van der Waals surface area contributed by atoms with Gasteiger partial charge in [-0.1, -0.05) is 6.07 Å². The molecule has 0 aliphatic carbocycles. The first kappa shape index (κ1) is 18.7. The van der Waals surface area contributed by atoms with Crippen LogP contribution in [0.5, 0.6) is 5.75 Å². The second-order valence-electron chi connectivity index (χ2n) is 7.14. The number of likely N-dealkylation sites (tertiary alicyclic amines) is 1. The highest BCUT2D eigenvalue weighted by molar-refractivity contribution is 7.85. The lowest BCUT2D eigenvalue weighted by molar-refractivity contribution is -0.149. The zero-order valence-electron chi connectivity index (χ0n) is 14.9. The summed E-state index contributed by atoms with van der Waals surface area (Å²) in [7, 11) is 0. The number of rotatable bonds is 4. The number of nitrogens with one attached hydrogen (secondary N) is 1. The number of carbonyl (C=O) groups excluding carboxylic acids is 1. The Balaban J connectivity index is 1.67. The smallest absolute Gasteiger partial charge is 0.253 e. The zero-order chi connectivity index (χ0) is 18.9. The molecule has 0 radical (unpaired) electrons. The van der Waals surface area contributed by atoms with Crippen LogP contribution < -0.4 is 15.2 Å². The lowest BCUT2D eigenvalue weighted by Crippen LogP contribution is -2.49. The molecule has 1 saturated heterocycles. The van der Waals surface area contributed by atoms with Gasteiger partial charge < -0.3 is 20.5 Å². The Bertz CT molecular complexity index is 760. The van der Waals surface area contributed by atoms with E-state index < -0.39 is 16.8 Å². The largest absolute Gasteiger partial charge is 0.492 e. The molecule has 26 heavy (non-hydrogen) atoms. The second kappa shape index (κ2) is 7.24. The van der Waals surface area contributed by atoms with Crippen molar-refractivity contribution >= 4 is 28.6 Å². The number of carbonyl (C=O) groups is 1. The normalized spacial score (nSPS) is 22.9. The highest BCUT2D eigenvalue weighted by atomic mass is 32.2. The van der Waals surface area contributed by atoms with Crippen molar-refractivity contribution in [3.63, 3.8) is 0 Å². The average Bonchev–Trinajstić information content (AvgIpc) is 2.58. The summed E-state index contributed by atoms with van der Waals surface area (Å²) in [6.07, 6.45) is 1.81. The highest BCUT2D eigenvalue weighted by Crippen LogP contribution is 2.30. The molecule has 1 amide bonds. The molecule has 2 aliphatic rings. The molecule has 9 heteroatoms. The van der Waals surface area contributed by atoms with Crippen molar-refractivity contribution in [2.75, 3.05) is 24.4 Å². The summed E-state index contributed by atoms with van der Waals surface area (Å²) in [5, 5.41) is 9.93. The van der Waals surface area contributed by atoms with Crippen LogP contribution in [0.25, 0.3) is 0 Å². The lowest BCUT2D eigenvalue weighted by Gasteiger charge is -2.35. The topological polar surface area (TPSA) is 117 Å². The minimum absolute atomic E-state index is 0.162. The Morgan fingerprint density at radius 1 is 1.54 bits per heavy atom. The lowest BCUT2D eigenvalue weighted by atomic mass is 9.97. The monoisotopic (exact) mass is 380 g/mol. The predicted octanol–water partition coefficient (Wildman–Crippen LogP) is 0.784.